The van der Waals surface area contributed by atoms with E-state index in [0.29, 0.717) is 17.7 Å². The van der Waals surface area contributed by atoms with Crippen molar-refractivity contribution in [1.29, 1.82) is 0 Å². The lowest BCUT2D eigenvalue weighted by molar-refractivity contribution is -0.114. The monoisotopic (exact) mass is 375 g/mol. The van der Waals surface area contributed by atoms with Gasteiger partial charge < -0.3 is 16.0 Å². The summed E-state index contributed by atoms with van der Waals surface area (Å²) < 4.78 is 12.9. The van der Waals surface area contributed by atoms with Gasteiger partial charge in [-0.2, -0.15) is 0 Å². The minimum atomic E-state index is -0.326. The zero-order valence-electron chi connectivity index (χ0n) is 16.0. The topological polar surface area (TPSA) is 68.8 Å². The molecule has 6 nitrogen and oxygen atoms in total. The van der Waals surface area contributed by atoms with Crippen molar-refractivity contribution in [3.8, 4) is 0 Å². The van der Waals surface area contributed by atoms with Crippen LogP contribution in [0, 0.1) is 5.82 Å². The van der Waals surface area contributed by atoms with Gasteiger partial charge in [-0.15, -0.1) is 0 Å². The molecular formula is C20H30FN5O. The van der Waals surface area contributed by atoms with Crippen molar-refractivity contribution in [2.75, 3.05) is 31.5 Å². The fraction of sp³-hybridized carbons (Fsp3) is 0.600. The van der Waals surface area contributed by atoms with Crippen LogP contribution in [0.15, 0.2) is 29.3 Å². The predicted octanol–water partition coefficient (Wildman–Crippen LogP) is 2.34. The molecule has 2 fully saturated rings. The van der Waals surface area contributed by atoms with Crippen molar-refractivity contribution in [3.63, 3.8) is 0 Å². The number of nitrogens with one attached hydrogen (secondary N) is 3. The van der Waals surface area contributed by atoms with E-state index in [9.17, 15) is 9.18 Å². The van der Waals surface area contributed by atoms with Crippen LogP contribution in [0.5, 0.6) is 0 Å². The van der Waals surface area contributed by atoms with E-state index in [1.54, 1.807) is 0 Å². The first-order valence-corrected chi connectivity index (χ1v) is 9.98. The van der Waals surface area contributed by atoms with Crippen molar-refractivity contribution in [3.05, 3.63) is 30.1 Å². The molecule has 2 aliphatic rings. The smallest absolute Gasteiger partial charge is 0.246 e. The van der Waals surface area contributed by atoms with Crippen molar-refractivity contribution in [2.45, 2.75) is 51.1 Å². The Morgan fingerprint density at radius 1 is 1.22 bits per heavy atom. The van der Waals surface area contributed by atoms with Gasteiger partial charge in [-0.25, -0.2) is 9.38 Å². The number of benzene rings is 1. The highest BCUT2D eigenvalue weighted by molar-refractivity contribution is 5.94. The highest BCUT2D eigenvalue weighted by Crippen LogP contribution is 2.26. The number of hydrogen-bond donors (Lipinski definition) is 3. The molecule has 1 amide bonds. The Morgan fingerprint density at radius 2 is 1.96 bits per heavy atom. The van der Waals surface area contributed by atoms with Crippen molar-refractivity contribution in [1.82, 2.24) is 15.5 Å². The predicted molar refractivity (Wildman–Crippen MR) is 106 cm³/mol. The van der Waals surface area contributed by atoms with E-state index in [-0.39, 0.29) is 18.3 Å². The minimum Gasteiger partial charge on any atom is -0.357 e. The van der Waals surface area contributed by atoms with Crippen molar-refractivity contribution < 1.29 is 9.18 Å². The van der Waals surface area contributed by atoms with Crippen LogP contribution in [0.2, 0.25) is 0 Å². The van der Waals surface area contributed by atoms with Gasteiger partial charge >= 0.3 is 0 Å². The Balaban J connectivity index is 1.48. The van der Waals surface area contributed by atoms with E-state index in [2.05, 4.69) is 25.8 Å². The van der Waals surface area contributed by atoms with Gasteiger partial charge in [0.1, 0.15) is 12.4 Å². The number of nitrogens with zero attached hydrogens (tertiary/aromatic N) is 2. The average molecular weight is 375 g/mol. The zero-order chi connectivity index (χ0) is 19.1. The zero-order valence-corrected chi connectivity index (χ0v) is 16.0. The summed E-state index contributed by atoms with van der Waals surface area (Å²) in [4.78, 5) is 19.1. The molecule has 1 aromatic carbocycles. The Labute approximate surface area is 160 Å². The third kappa shape index (κ3) is 5.92. The van der Waals surface area contributed by atoms with Gasteiger partial charge in [0, 0.05) is 37.4 Å². The first kappa shape index (κ1) is 19.6. The normalized spacial score (nSPS) is 21.4. The lowest BCUT2D eigenvalue weighted by Crippen LogP contribution is -2.45. The van der Waals surface area contributed by atoms with Crippen LogP contribution in [-0.4, -0.2) is 55.0 Å². The van der Waals surface area contributed by atoms with Crippen molar-refractivity contribution >= 4 is 17.6 Å². The van der Waals surface area contributed by atoms with E-state index in [4.69, 9.17) is 0 Å². The second-order valence-corrected chi connectivity index (χ2v) is 7.31. The molecule has 1 aliphatic heterocycles. The molecule has 0 bridgehead atoms. The summed E-state index contributed by atoms with van der Waals surface area (Å²) in [5, 5.41) is 9.40. The number of aliphatic imine (C=N–C) groups is 1. The average Bonchev–Trinajstić information content (AvgIpc) is 3.33. The number of anilines is 1. The quantitative estimate of drug-likeness (QED) is 0.527. The minimum absolute atomic E-state index is 0.0196. The lowest BCUT2D eigenvalue weighted by Gasteiger charge is -2.24. The van der Waals surface area contributed by atoms with Gasteiger partial charge in [-0.3, -0.25) is 9.69 Å². The van der Waals surface area contributed by atoms with E-state index < -0.39 is 0 Å². The Bertz CT molecular complexity index is 642. The third-order valence-corrected chi connectivity index (χ3v) is 5.25. The maximum absolute atomic E-state index is 12.9. The first-order valence-electron chi connectivity index (χ1n) is 9.98. The first-order chi connectivity index (χ1) is 13.1. The Kier molecular flexibility index (Phi) is 7.04. The van der Waals surface area contributed by atoms with Gasteiger partial charge in [0.25, 0.3) is 0 Å². The van der Waals surface area contributed by atoms with Gasteiger partial charge in [-0.05, 0) is 50.5 Å². The number of hydrogen-bond acceptors (Lipinski definition) is 3. The second kappa shape index (κ2) is 9.69. The molecule has 1 saturated heterocycles. The van der Waals surface area contributed by atoms with Gasteiger partial charge in [0.15, 0.2) is 5.96 Å². The maximum atomic E-state index is 12.9. The lowest BCUT2D eigenvalue weighted by atomic mass is 10.2. The summed E-state index contributed by atoms with van der Waals surface area (Å²) in [6.45, 7) is 4.94. The number of carbonyl (C=O) groups is 1. The molecule has 148 valence electrons. The summed E-state index contributed by atoms with van der Waals surface area (Å²) in [6, 6.07) is 6.83. The van der Waals surface area contributed by atoms with Crippen LogP contribution in [0.4, 0.5) is 10.1 Å². The molecule has 0 spiro atoms. The number of carbonyl (C=O) groups excluding carboxylic acids is 1. The molecule has 1 aliphatic carbocycles. The molecule has 1 saturated carbocycles. The van der Waals surface area contributed by atoms with Gasteiger partial charge in [0.2, 0.25) is 5.91 Å². The molecule has 0 radical (unpaired) electrons. The fourth-order valence-corrected chi connectivity index (χ4v) is 3.90. The number of guanidine groups is 1. The number of rotatable bonds is 6. The summed E-state index contributed by atoms with van der Waals surface area (Å²) in [5.41, 5.74) is 0.567. The third-order valence-electron chi connectivity index (χ3n) is 5.25. The van der Waals surface area contributed by atoms with Crippen LogP contribution in [0.3, 0.4) is 0 Å². The molecule has 1 heterocycles. The summed E-state index contributed by atoms with van der Waals surface area (Å²) in [6.07, 6.45) is 6.45. The molecule has 7 heteroatoms. The maximum Gasteiger partial charge on any atom is 0.246 e. The summed E-state index contributed by atoms with van der Waals surface area (Å²) in [7, 11) is 0. The van der Waals surface area contributed by atoms with Crippen molar-refractivity contribution in [2.24, 2.45) is 4.99 Å². The highest BCUT2D eigenvalue weighted by Gasteiger charge is 2.30. The summed E-state index contributed by atoms with van der Waals surface area (Å²) >= 11 is 0. The van der Waals surface area contributed by atoms with Crippen LogP contribution < -0.4 is 16.0 Å². The number of amides is 1. The molecule has 1 unspecified atom stereocenters. The molecule has 1 atom stereocenters. The molecule has 3 rings (SSSR count). The van der Waals surface area contributed by atoms with Crippen LogP contribution >= 0.6 is 0 Å². The van der Waals surface area contributed by atoms with E-state index >= 15 is 0 Å². The Hall–Kier alpha value is -2.15. The Morgan fingerprint density at radius 3 is 2.67 bits per heavy atom. The summed E-state index contributed by atoms with van der Waals surface area (Å²) in [5.74, 6) is 0.121. The SMILES string of the molecule is CCNC(=NCC(=O)Nc1ccc(F)cc1)NC1CCN(C2CCCC2)C1. The standard InChI is InChI=1S/C20H30FN5O/c1-2-22-20(23-13-19(27)24-16-9-7-15(21)8-10-16)25-17-11-12-26(14-17)18-5-3-4-6-18/h7-10,17-18H,2-6,11-14H2,1H3,(H,24,27)(H2,22,23,25). The molecule has 3 N–H and O–H groups in total. The van der Waals surface area contributed by atoms with E-state index in [1.807, 2.05) is 6.92 Å². The molecular weight excluding hydrogens is 345 g/mol. The molecule has 0 aromatic heterocycles. The number of likely N-dealkylation sites (tertiary alicyclic amines) is 1. The fourth-order valence-electron chi connectivity index (χ4n) is 3.90. The number of halogens is 1. The largest absolute Gasteiger partial charge is 0.357 e. The van der Waals surface area contributed by atoms with E-state index in [1.165, 1.54) is 49.9 Å². The van der Waals surface area contributed by atoms with Gasteiger partial charge in [-0.1, -0.05) is 12.8 Å². The highest BCUT2D eigenvalue weighted by atomic mass is 19.1. The van der Waals surface area contributed by atoms with E-state index in [0.717, 1.165) is 32.1 Å². The van der Waals surface area contributed by atoms with Crippen LogP contribution in [0.1, 0.15) is 39.0 Å². The molecule has 27 heavy (non-hydrogen) atoms. The van der Waals surface area contributed by atoms with Crippen LogP contribution in [0.25, 0.3) is 0 Å². The van der Waals surface area contributed by atoms with Crippen LogP contribution in [-0.2, 0) is 4.79 Å². The van der Waals surface area contributed by atoms with Gasteiger partial charge in [0.05, 0.1) is 0 Å². The second-order valence-electron chi connectivity index (χ2n) is 7.31. The molecule has 1 aromatic rings.